The van der Waals surface area contributed by atoms with Crippen LogP contribution in [0.4, 0.5) is 0 Å². The quantitative estimate of drug-likeness (QED) is 0.433. The molecule has 0 aromatic heterocycles. The van der Waals surface area contributed by atoms with Gasteiger partial charge in [-0.2, -0.15) is 0 Å². The average molecular weight is 248 g/mol. The summed E-state index contributed by atoms with van der Waals surface area (Å²) in [6.45, 7) is 2.04. The van der Waals surface area contributed by atoms with E-state index in [0.29, 0.717) is 0 Å². The zero-order chi connectivity index (χ0) is 12.8. The van der Waals surface area contributed by atoms with E-state index in [0.717, 1.165) is 39.3 Å². The van der Waals surface area contributed by atoms with Gasteiger partial charge in [-0.1, -0.05) is 30.3 Å². The van der Waals surface area contributed by atoms with E-state index in [4.69, 9.17) is 9.47 Å². The summed E-state index contributed by atoms with van der Waals surface area (Å²) < 4.78 is 11.9. The topological polar surface area (TPSA) is 18.5 Å². The summed E-state index contributed by atoms with van der Waals surface area (Å²) in [5, 5.41) is 2.31. The Kier molecular flexibility index (Phi) is 2.06. The molecule has 3 aromatic carbocycles. The number of hydrogen-bond donors (Lipinski definition) is 0. The number of fused-ring (bicyclic) bond motifs is 3. The van der Waals surface area contributed by atoms with Crippen molar-refractivity contribution in [1.82, 2.24) is 0 Å². The summed E-state index contributed by atoms with van der Waals surface area (Å²) in [4.78, 5) is 0. The molecule has 0 saturated heterocycles. The third-order valence-electron chi connectivity index (χ3n) is 3.35. The molecule has 92 valence electrons. The fraction of sp³-hybridized carbons (Fsp3) is 0.0588. The number of hydrogen-bond acceptors (Lipinski definition) is 2. The lowest BCUT2D eigenvalue weighted by Crippen LogP contribution is -1.99. The molecule has 2 heteroatoms. The Morgan fingerprint density at radius 2 is 1.21 bits per heavy atom. The standard InChI is InChI=1S/C17H12O2/c1-11-6-7-14-15(8-11)19-17-10-13-5-3-2-4-12(13)9-16(17)18-14/h2-10H,1H3. The van der Waals surface area contributed by atoms with Crippen LogP contribution in [0.15, 0.2) is 54.6 Å². The minimum atomic E-state index is 0.772. The molecule has 0 fully saturated rings. The van der Waals surface area contributed by atoms with Crippen LogP contribution < -0.4 is 9.47 Å². The molecule has 0 unspecified atom stereocenters. The monoisotopic (exact) mass is 248 g/mol. The summed E-state index contributed by atoms with van der Waals surface area (Å²) in [6, 6.07) is 18.2. The van der Waals surface area contributed by atoms with Crippen LogP contribution in [0.3, 0.4) is 0 Å². The van der Waals surface area contributed by atoms with Gasteiger partial charge in [0, 0.05) is 0 Å². The minimum absolute atomic E-state index is 0.772. The molecule has 4 rings (SSSR count). The lowest BCUT2D eigenvalue weighted by atomic mass is 10.1. The number of ether oxygens (including phenoxy) is 2. The first-order valence-electron chi connectivity index (χ1n) is 6.29. The van der Waals surface area contributed by atoms with Crippen molar-refractivity contribution in [3.63, 3.8) is 0 Å². The molecule has 0 saturated carbocycles. The first-order chi connectivity index (χ1) is 9.29. The highest BCUT2D eigenvalue weighted by molar-refractivity contribution is 5.86. The van der Waals surface area contributed by atoms with E-state index in [2.05, 4.69) is 12.1 Å². The van der Waals surface area contributed by atoms with E-state index in [1.54, 1.807) is 0 Å². The summed E-state index contributed by atoms with van der Waals surface area (Å²) in [5.74, 6) is 3.10. The summed E-state index contributed by atoms with van der Waals surface area (Å²) in [6.07, 6.45) is 0. The molecule has 0 atom stereocenters. The van der Waals surface area contributed by atoms with Gasteiger partial charge in [-0.15, -0.1) is 0 Å². The maximum Gasteiger partial charge on any atom is 0.170 e. The number of aryl methyl sites for hydroxylation is 1. The molecule has 0 bridgehead atoms. The van der Waals surface area contributed by atoms with Crippen molar-refractivity contribution in [2.45, 2.75) is 6.92 Å². The summed E-state index contributed by atoms with van der Waals surface area (Å²) >= 11 is 0. The molecule has 1 heterocycles. The van der Waals surface area contributed by atoms with Gasteiger partial charge in [0.05, 0.1) is 0 Å². The molecular formula is C17H12O2. The molecule has 1 aliphatic rings. The van der Waals surface area contributed by atoms with E-state index in [-0.39, 0.29) is 0 Å². The predicted molar refractivity (Wildman–Crippen MR) is 75.3 cm³/mol. The van der Waals surface area contributed by atoms with Gasteiger partial charge in [-0.3, -0.25) is 0 Å². The Labute approximate surface area is 111 Å². The van der Waals surface area contributed by atoms with Crippen LogP contribution in [0.2, 0.25) is 0 Å². The lowest BCUT2D eigenvalue weighted by molar-refractivity contribution is 0.360. The zero-order valence-electron chi connectivity index (χ0n) is 10.5. The van der Waals surface area contributed by atoms with Crippen LogP contribution in [-0.4, -0.2) is 0 Å². The minimum Gasteiger partial charge on any atom is -0.449 e. The molecule has 1 aliphatic heterocycles. The second kappa shape index (κ2) is 3.75. The summed E-state index contributed by atoms with van der Waals surface area (Å²) in [5.41, 5.74) is 1.16. The molecule has 19 heavy (non-hydrogen) atoms. The van der Waals surface area contributed by atoms with Gasteiger partial charge >= 0.3 is 0 Å². The predicted octanol–water partition coefficient (Wildman–Crippen LogP) is 5.05. The zero-order valence-corrected chi connectivity index (χ0v) is 10.5. The average Bonchev–Trinajstić information content (AvgIpc) is 2.43. The van der Waals surface area contributed by atoms with Crippen LogP contribution in [0, 0.1) is 6.92 Å². The van der Waals surface area contributed by atoms with Gasteiger partial charge < -0.3 is 9.47 Å². The van der Waals surface area contributed by atoms with Crippen molar-refractivity contribution in [2.75, 3.05) is 0 Å². The van der Waals surface area contributed by atoms with Crippen LogP contribution >= 0.6 is 0 Å². The van der Waals surface area contributed by atoms with Crippen LogP contribution in [0.1, 0.15) is 5.56 Å². The smallest absolute Gasteiger partial charge is 0.170 e. The second-order valence-electron chi connectivity index (χ2n) is 4.80. The SMILES string of the molecule is Cc1ccc2c(c1)Oc1cc3ccccc3cc1O2. The first-order valence-corrected chi connectivity index (χ1v) is 6.29. The summed E-state index contributed by atoms with van der Waals surface area (Å²) in [7, 11) is 0. The maximum atomic E-state index is 5.94. The molecule has 0 radical (unpaired) electrons. The van der Waals surface area contributed by atoms with Crippen molar-refractivity contribution in [3.05, 3.63) is 60.2 Å². The molecule has 3 aromatic rings. The van der Waals surface area contributed by atoms with Crippen LogP contribution in [-0.2, 0) is 0 Å². The Morgan fingerprint density at radius 3 is 1.89 bits per heavy atom. The van der Waals surface area contributed by atoms with E-state index in [1.807, 2.05) is 49.4 Å². The van der Waals surface area contributed by atoms with Gasteiger partial charge in [-0.05, 0) is 47.5 Å². The lowest BCUT2D eigenvalue weighted by Gasteiger charge is -2.21. The van der Waals surface area contributed by atoms with Crippen molar-refractivity contribution in [2.24, 2.45) is 0 Å². The molecule has 0 aliphatic carbocycles. The maximum absolute atomic E-state index is 5.94. The Hall–Kier alpha value is -2.48. The van der Waals surface area contributed by atoms with Crippen LogP contribution in [0.25, 0.3) is 10.8 Å². The Balaban J connectivity index is 1.90. The fourth-order valence-electron chi connectivity index (χ4n) is 2.37. The molecule has 2 nitrogen and oxygen atoms in total. The first kappa shape index (κ1) is 10.4. The van der Waals surface area contributed by atoms with Crippen molar-refractivity contribution >= 4 is 10.8 Å². The second-order valence-corrected chi connectivity index (χ2v) is 4.80. The van der Waals surface area contributed by atoms with Crippen molar-refractivity contribution < 1.29 is 9.47 Å². The van der Waals surface area contributed by atoms with E-state index in [1.165, 1.54) is 0 Å². The van der Waals surface area contributed by atoms with Gasteiger partial charge in [0.25, 0.3) is 0 Å². The highest BCUT2D eigenvalue weighted by Gasteiger charge is 2.19. The normalized spacial score (nSPS) is 12.3. The van der Waals surface area contributed by atoms with Crippen molar-refractivity contribution in [3.8, 4) is 23.0 Å². The van der Waals surface area contributed by atoms with Crippen molar-refractivity contribution in [1.29, 1.82) is 0 Å². The molecule has 0 N–H and O–H groups in total. The third-order valence-corrected chi connectivity index (χ3v) is 3.35. The van der Waals surface area contributed by atoms with Gasteiger partial charge in [0.1, 0.15) is 0 Å². The Morgan fingerprint density at radius 1 is 0.632 bits per heavy atom. The molecule has 0 spiro atoms. The van der Waals surface area contributed by atoms with Gasteiger partial charge in [0.2, 0.25) is 0 Å². The van der Waals surface area contributed by atoms with Gasteiger partial charge in [0.15, 0.2) is 23.0 Å². The number of benzene rings is 3. The Bertz CT molecular complexity index is 790. The molecular weight excluding hydrogens is 236 g/mol. The third kappa shape index (κ3) is 1.65. The van der Waals surface area contributed by atoms with E-state index in [9.17, 15) is 0 Å². The van der Waals surface area contributed by atoms with Gasteiger partial charge in [-0.25, -0.2) is 0 Å². The number of rotatable bonds is 0. The van der Waals surface area contributed by atoms with E-state index < -0.39 is 0 Å². The highest BCUT2D eigenvalue weighted by Crippen LogP contribution is 2.46. The van der Waals surface area contributed by atoms with Crippen LogP contribution in [0.5, 0.6) is 23.0 Å². The largest absolute Gasteiger partial charge is 0.449 e. The highest BCUT2D eigenvalue weighted by atomic mass is 16.6. The van der Waals surface area contributed by atoms with E-state index >= 15 is 0 Å². The molecule has 0 amide bonds. The fourth-order valence-corrected chi connectivity index (χ4v) is 2.37.